The lowest BCUT2D eigenvalue weighted by atomic mass is 10.1. The second-order valence-corrected chi connectivity index (χ2v) is 7.50. The second-order valence-electron chi connectivity index (χ2n) is 5.49. The van der Waals surface area contributed by atoms with Crippen molar-refractivity contribution < 1.29 is 17.7 Å². The number of hydrogen-bond donors (Lipinski definition) is 1. The van der Waals surface area contributed by atoms with E-state index in [1.807, 2.05) is 6.92 Å². The predicted molar refractivity (Wildman–Crippen MR) is 86.1 cm³/mol. The van der Waals surface area contributed by atoms with Crippen molar-refractivity contribution in [2.45, 2.75) is 20.3 Å². The molecule has 1 aliphatic rings. The minimum absolute atomic E-state index is 0.155. The summed E-state index contributed by atoms with van der Waals surface area (Å²) in [6.07, 6.45) is 1.96. The molecule has 7 nitrogen and oxygen atoms in total. The quantitative estimate of drug-likeness (QED) is 0.927. The number of hydrogen-bond acceptors (Lipinski definition) is 5. The van der Waals surface area contributed by atoms with E-state index in [9.17, 15) is 13.2 Å². The standard InChI is InChI=1S/C15H17N3O4S/c1-10-4-5-12(18-6-3-7-23(18,20)21)8-14(10)17-15(19)13-9-16-22-11(13)2/h4-5,8-9H,3,6-7H2,1-2H3,(H,17,19). The van der Waals surface area contributed by atoms with Crippen LogP contribution in [0, 0.1) is 13.8 Å². The number of nitrogens with zero attached hydrogens (tertiary/aromatic N) is 2. The molecule has 0 radical (unpaired) electrons. The summed E-state index contributed by atoms with van der Waals surface area (Å²) in [6.45, 7) is 3.96. The average Bonchev–Trinajstić information content (AvgIpc) is 3.06. The Hall–Kier alpha value is -2.35. The number of benzene rings is 1. The van der Waals surface area contributed by atoms with Crippen molar-refractivity contribution in [2.24, 2.45) is 0 Å². The van der Waals surface area contributed by atoms with Crippen LogP contribution in [0.3, 0.4) is 0 Å². The first-order chi connectivity index (χ1) is 10.9. The van der Waals surface area contributed by atoms with Crippen molar-refractivity contribution in [3.8, 4) is 0 Å². The lowest BCUT2D eigenvalue weighted by molar-refractivity contribution is 0.102. The van der Waals surface area contributed by atoms with Gasteiger partial charge in [-0.2, -0.15) is 0 Å². The monoisotopic (exact) mass is 335 g/mol. The maximum atomic E-state index is 12.3. The molecule has 0 bridgehead atoms. The van der Waals surface area contributed by atoms with Crippen molar-refractivity contribution in [3.63, 3.8) is 0 Å². The number of sulfonamides is 1. The minimum Gasteiger partial charge on any atom is -0.361 e. The highest BCUT2D eigenvalue weighted by atomic mass is 32.2. The van der Waals surface area contributed by atoms with Crippen LogP contribution in [-0.4, -0.2) is 31.8 Å². The summed E-state index contributed by atoms with van der Waals surface area (Å²) in [4.78, 5) is 12.3. The first-order valence-corrected chi connectivity index (χ1v) is 8.83. The summed E-state index contributed by atoms with van der Waals surface area (Å²) in [7, 11) is -3.25. The van der Waals surface area contributed by atoms with Crippen LogP contribution < -0.4 is 9.62 Å². The van der Waals surface area contributed by atoms with E-state index in [-0.39, 0.29) is 11.7 Å². The van der Waals surface area contributed by atoms with Crippen LogP contribution in [0.2, 0.25) is 0 Å². The largest absolute Gasteiger partial charge is 0.361 e. The van der Waals surface area contributed by atoms with Gasteiger partial charge in [-0.3, -0.25) is 9.10 Å². The van der Waals surface area contributed by atoms with Gasteiger partial charge in [0.2, 0.25) is 10.0 Å². The van der Waals surface area contributed by atoms with Gasteiger partial charge in [0, 0.05) is 12.2 Å². The Labute approximate surface area is 134 Å². The molecule has 0 aliphatic carbocycles. The van der Waals surface area contributed by atoms with Gasteiger partial charge < -0.3 is 9.84 Å². The molecule has 1 aromatic carbocycles. The zero-order valence-electron chi connectivity index (χ0n) is 12.9. The number of carbonyl (C=O) groups is 1. The van der Waals surface area contributed by atoms with Gasteiger partial charge in [0.05, 0.1) is 17.6 Å². The van der Waals surface area contributed by atoms with E-state index in [4.69, 9.17) is 4.52 Å². The third-order valence-corrected chi connectivity index (χ3v) is 5.72. The maximum absolute atomic E-state index is 12.3. The Kier molecular flexibility index (Phi) is 3.85. The summed E-state index contributed by atoms with van der Waals surface area (Å²) < 4.78 is 30.3. The molecule has 1 fully saturated rings. The molecule has 1 N–H and O–H groups in total. The number of aryl methyl sites for hydroxylation is 2. The molecule has 1 aromatic heterocycles. The Morgan fingerprint density at radius 2 is 2.13 bits per heavy atom. The molecule has 23 heavy (non-hydrogen) atoms. The van der Waals surface area contributed by atoms with Gasteiger partial charge in [-0.15, -0.1) is 0 Å². The smallest absolute Gasteiger partial charge is 0.260 e. The number of amides is 1. The molecule has 0 saturated carbocycles. The molecule has 3 rings (SSSR count). The Morgan fingerprint density at radius 3 is 2.74 bits per heavy atom. The van der Waals surface area contributed by atoms with Crippen molar-refractivity contribution in [2.75, 3.05) is 21.9 Å². The Morgan fingerprint density at radius 1 is 1.35 bits per heavy atom. The summed E-state index contributed by atoms with van der Waals surface area (Å²) in [5, 5.41) is 6.37. The molecule has 0 unspecified atom stereocenters. The lowest BCUT2D eigenvalue weighted by Gasteiger charge is -2.19. The third kappa shape index (κ3) is 2.94. The molecular weight excluding hydrogens is 318 g/mol. The number of rotatable bonds is 3. The third-order valence-electron chi connectivity index (χ3n) is 3.85. The second kappa shape index (κ2) is 5.69. The van der Waals surface area contributed by atoms with Crippen LogP contribution in [0.4, 0.5) is 11.4 Å². The van der Waals surface area contributed by atoms with Gasteiger partial charge in [0.15, 0.2) is 0 Å². The van der Waals surface area contributed by atoms with Gasteiger partial charge in [0.25, 0.3) is 5.91 Å². The van der Waals surface area contributed by atoms with Gasteiger partial charge in [-0.25, -0.2) is 8.42 Å². The fraction of sp³-hybridized carbons (Fsp3) is 0.333. The zero-order chi connectivity index (χ0) is 16.6. The van der Waals surface area contributed by atoms with Gasteiger partial charge in [-0.1, -0.05) is 11.2 Å². The Bertz CT molecular complexity index is 857. The van der Waals surface area contributed by atoms with Crippen LogP contribution in [0.5, 0.6) is 0 Å². The summed E-state index contributed by atoms with van der Waals surface area (Å²) in [6, 6.07) is 5.22. The van der Waals surface area contributed by atoms with Gasteiger partial charge in [0.1, 0.15) is 11.3 Å². The van der Waals surface area contributed by atoms with Crippen LogP contribution in [0.15, 0.2) is 28.9 Å². The molecule has 1 aliphatic heterocycles. The van der Waals surface area contributed by atoms with Crippen molar-refractivity contribution >= 4 is 27.3 Å². The lowest BCUT2D eigenvalue weighted by Crippen LogP contribution is -2.25. The van der Waals surface area contributed by atoms with E-state index in [2.05, 4.69) is 10.5 Å². The highest BCUT2D eigenvalue weighted by Gasteiger charge is 2.28. The summed E-state index contributed by atoms with van der Waals surface area (Å²) in [5.41, 5.74) is 2.32. The highest BCUT2D eigenvalue weighted by molar-refractivity contribution is 7.93. The van der Waals surface area contributed by atoms with Crippen molar-refractivity contribution in [1.29, 1.82) is 0 Å². The maximum Gasteiger partial charge on any atom is 0.260 e. The van der Waals surface area contributed by atoms with E-state index >= 15 is 0 Å². The number of aromatic nitrogens is 1. The van der Waals surface area contributed by atoms with Crippen molar-refractivity contribution in [3.05, 3.63) is 41.3 Å². The van der Waals surface area contributed by atoms with Crippen LogP contribution >= 0.6 is 0 Å². The van der Waals surface area contributed by atoms with E-state index < -0.39 is 10.0 Å². The highest BCUT2D eigenvalue weighted by Crippen LogP contribution is 2.28. The summed E-state index contributed by atoms with van der Waals surface area (Å²) in [5.74, 6) is 0.245. The normalized spacial score (nSPS) is 16.5. The predicted octanol–water partition coefficient (Wildman–Crippen LogP) is 2.08. The number of nitrogens with one attached hydrogen (secondary N) is 1. The number of carbonyl (C=O) groups excluding carboxylic acids is 1. The zero-order valence-corrected chi connectivity index (χ0v) is 13.7. The fourth-order valence-corrected chi connectivity index (χ4v) is 4.09. The SMILES string of the molecule is Cc1ccc(N2CCCS2(=O)=O)cc1NC(=O)c1cnoc1C. The van der Waals surface area contributed by atoms with E-state index in [1.54, 1.807) is 25.1 Å². The van der Waals surface area contributed by atoms with E-state index in [1.165, 1.54) is 10.5 Å². The van der Waals surface area contributed by atoms with Gasteiger partial charge in [-0.05, 0) is 38.0 Å². The molecule has 0 spiro atoms. The molecule has 122 valence electrons. The Balaban J connectivity index is 1.90. The molecule has 1 saturated heterocycles. The fourth-order valence-electron chi connectivity index (χ4n) is 2.54. The molecular formula is C15H17N3O4S. The van der Waals surface area contributed by atoms with Crippen LogP contribution in [-0.2, 0) is 10.0 Å². The van der Waals surface area contributed by atoms with E-state index in [0.717, 1.165) is 5.56 Å². The minimum atomic E-state index is -3.25. The first-order valence-electron chi connectivity index (χ1n) is 7.22. The molecule has 2 aromatic rings. The van der Waals surface area contributed by atoms with Crippen molar-refractivity contribution in [1.82, 2.24) is 5.16 Å². The van der Waals surface area contributed by atoms with E-state index in [0.29, 0.717) is 35.7 Å². The van der Waals surface area contributed by atoms with Crippen LogP contribution in [0.25, 0.3) is 0 Å². The molecule has 0 atom stereocenters. The van der Waals surface area contributed by atoms with Gasteiger partial charge >= 0.3 is 0 Å². The topological polar surface area (TPSA) is 92.5 Å². The molecule has 8 heteroatoms. The summed E-state index contributed by atoms with van der Waals surface area (Å²) >= 11 is 0. The van der Waals surface area contributed by atoms with Crippen LogP contribution in [0.1, 0.15) is 28.1 Å². The first kappa shape index (κ1) is 15.5. The molecule has 2 heterocycles. The molecule has 1 amide bonds. The average molecular weight is 335 g/mol. The number of anilines is 2.